The van der Waals surface area contributed by atoms with Crippen molar-refractivity contribution in [3.63, 3.8) is 0 Å². The highest BCUT2D eigenvalue weighted by Gasteiger charge is 2.34. The Bertz CT molecular complexity index is 861. The van der Waals surface area contributed by atoms with Crippen molar-refractivity contribution in [2.45, 2.75) is 57.2 Å². The highest BCUT2D eigenvalue weighted by atomic mass is 16.5. The third kappa shape index (κ3) is 9.42. The molecule has 34 heavy (non-hydrogen) atoms. The molecule has 1 rings (SSSR count). The molecule has 0 heterocycles. The standard InChI is InChI=1S/C21H30N4O9/c1-11(26)16(25-21(32)34-10-13-7-5-4-6-8-13)19(30)23-14(9-15(22)28)18(29)24-17(12(2)27)20(31)33-3/h4-8,11-12,14,16-17,26-27H,9-10H2,1-3H3,(H2,22,28)(H,23,30)(H,24,29)(H,25,32)/t11-,12-,14+,16-,17-/m1/s1. The maximum atomic E-state index is 12.7. The van der Waals surface area contributed by atoms with E-state index in [1.165, 1.54) is 13.8 Å². The molecule has 0 unspecified atom stereocenters. The number of carbonyl (C=O) groups is 5. The molecule has 13 heteroatoms. The Morgan fingerprint density at radius 1 is 0.912 bits per heavy atom. The number of rotatable bonds is 12. The summed E-state index contributed by atoms with van der Waals surface area (Å²) in [5, 5.41) is 26.2. The van der Waals surface area contributed by atoms with Crippen LogP contribution in [0.15, 0.2) is 30.3 Å². The van der Waals surface area contributed by atoms with Gasteiger partial charge in [-0.3, -0.25) is 14.4 Å². The van der Waals surface area contributed by atoms with Gasteiger partial charge in [0, 0.05) is 0 Å². The van der Waals surface area contributed by atoms with Crippen LogP contribution in [-0.2, 0) is 35.3 Å². The lowest BCUT2D eigenvalue weighted by Gasteiger charge is -2.26. The van der Waals surface area contributed by atoms with Crippen LogP contribution in [0.25, 0.3) is 0 Å². The maximum absolute atomic E-state index is 12.7. The molecular formula is C21H30N4O9. The van der Waals surface area contributed by atoms with E-state index in [0.717, 1.165) is 7.11 Å². The number of esters is 1. The van der Waals surface area contributed by atoms with Gasteiger partial charge in [0.2, 0.25) is 17.7 Å². The number of nitrogens with two attached hydrogens (primary N) is 1. The number of aliphatic hydroxyl groups is 2. The van der Waals surface area contributed by atoms with Gasteiger partial charge in [0.1, 0.15) is 18.7 Å². The lowest BCUT2D eigenvalue weighted by atomic mass is 10.1. The molecule has 0 bridgehead atoms. The first-order valence-corrected chi connectivity index (χ1v) is 10.3. The Labute approximate surface area is 196 Å². The topological polar surface area (TPSA) is 206 Å². The van der Waals surface area contributed by atoms with Crippen LogP contribution in [0.4, 0.5) is 4.79 Å². The third-order valence-corrected chi connectivity index (χ3v) is 4.52. The molecule has 0 fully saturated rings. The Hall–Kier alpha value is -3.71. The molecule has 0 saturated heterocycles. The van der Waals surface area contributed by atoms with Gasteiger partial charge in [-0.15, -0.1) is 0 Å². The molecule has 5 atom stereocenters. The number of aliphatic hydroxyl groups excluding tert-OH is 2. The zero-order chi connectivity index (χ0) is 25.8. The molecule has 0 spiro atoms. The minimum absolute atomic E-state index is 0.0954. The quantitative estimate of drug-likeness (QED) is 0.183. The van der Waals surface area contributed by atoms with E-state index in [9.17, 15) is 34.2 Å². The van der Waals surface area contributed by atoms with Gasteiger partial charge in [-0.25, -0.2) is 9.59 Å². The average molecular weight is 482 g/mol. The molecule has 13 nitrogen and oxygen atoms in total. The average Bonchev–Trinajstić information content (AvgIpc) is 2.78. The number of hydrogen-bond acceptors (Lipinski definition) is 9. The van der Waals surface area contributed by atoms with Crippen molar-refractivity contribution in [3.8, 4) is 0 Å². The van der Waals surface area contributed by atoms with Gasteiger partial charge in [-0.1, -0.05) is 30.3 Å². The summed E-state index contributed by atoms with van der Waals surface area (Å²) in [5.74, 6) is -3.98. The molecule has 0 aliphatic carbocycles. The van der Waals surface area contributed by atoms with Crippen molar-refractivity contribution in [1.29, 1.82) is 0 Å². The fourth-order valence-electron chi connectivity index (χ4n) is 2.73. The van der Waals surface area contributed by atoms with E-state index in [0.29, 0.717) is 5.56 Å². The zero-order valence-electron chi connectivity index (χ0n) is 19.0. The maximum Gasteiger partial charge on any atom is 0.408 e. The number of carbonyl (C=O) groups excluding carboxylic acids is 5. The second kappa shape index (κ2) is 13.7. The number of benzene rings is 1. The molecule has 0 aliphatic heterocycles. The first-order valence-electron chi connectivity index (χ1n) is 10.3. The lowest BCUT2D eigenvalue weighted by molar-refractivity contribution is -0.148. The molecule has 7 N–H and O–H groups in total. The smallest absolute Gasteiger partial charge is 0.408 e. The highest BCUT2D eigenvalue weighted by Crippen LogP contribution is 2.04. The van der Waals surface area contributed by atoms with E-state index < -0.39 is 66.5 Å². The Morgan fingerprint density at radius 2 is 1.50 bits per heavy atom. The predicted octanol–water partition coefficient (Wildman–Crippen LogP) is -1.94. The third-order valence-electron chi connectivity index (χ3n) is 4.52. The van der Waals surface area contributed by atoms with Crippen molar-refractivity contribution >= 4 is 29.8 Å². The number of alkyl carbamates (subject to hydrolysis) is 1. The van der Waals surface area contributed by atoms with Crippen LogP contribution in [0.2, 0.25) is 0 Å². The first-order chi connectivity index (χ1) is 16.0. The summed E-state index contributed by atoms with van der Waals surface area (Å²) in [5.41, 5.74) is 5.83. The van der Waals surface area contributed by atoms with E-state index in [-0.39, 0.29) is 6.61 Å². The summed E-state index contributed by atoms with van der Waals surface area (Å²) in [7, 11) is 1.04. The Morgan fingerprint density at radius 3 is 2.00 bits per heavy atom. The summed E-state index contributed by atoms with van der Waals surface area (Å²) in [6, 6.07) is 4.08. The van der Waals surface area contributed by atoms with Gasteiger partial charge < -0.3 is 41.4 Å². The second-order valence-corrected chi connectivity index (χ2v) is 7.41. The predicted molar refractivity (Wildman–Crippen MR) is 117 cm³/mol. The number of primary amides is 1. The summed E-state index contributed by atoms with van der Waals surface area (Å²) in [4.78, 5) is 60.6. The van der Waals surface area contributed by atoms with Gasteiger partial charge >= 0.3 is 12.1 Å². The van der Waals surface area contributed by atoms with Crippen LogP contribution >= 0.6 is 0 Å². The lowest BCUT2D eigenvalue weighted by Crippen LogP contribution is -2.59. The van der Waals surface area contributed by atoms with Crippen LogP contribution in [0.1, 0.15) is 25.8 Å². The highest BCUT2D eigenvalue weighted by molar-refractivity contribution is 5.95. The molecule has 1 aromatic rings. The van der Waals surface area contributed by atoms with E-state index in [1.807, 2.05) is 0 Å². The van der Waals surface area contributed by atoms with Crippen molar-refractivity contribution < 1.29 is 43.7 Å². The Kier molecular flexibility index (Phi) is 11.5. The van der Waals surface area contributed by atoms with Crippen LogP contribution in [0.3, 0.4) is 0 Å². The summed E-state index contributed by atoms with van der Waals surface area (Å²) in [6.45, 7) is 2.34. The largest absolute Gasteiger partial charge is 0.467 e. The molecule has 0 aromatic heterocycles. The second-order valence-electron chi connectivity index (χ2n) is 7.41. The number of nitrogens with one attached hydrogen (secondary N) is 3. The summed E-state index contributed by atoms with van der Waals surface area (Å²) < 4.78 is 9.52. The van der Waals surface area contributed by atoms with E-state index in [1.54, 1.807) is 30.3 Å². The van der Waals surface area contributed by atoms with Gasteiger partial charge in [-0.2, -0.15) is 0 Å². The summed E-state index contributed by atoms with van der Waals surface area (Å²) in [6.07, 6.45) is -4.45. The van der Waals surface area contributed by atoms with Crippen molar-refractivity contribution in [2.24, 2.45) is 5.73 Å². The minimum Gasteiger partial charge on any atom is -0.467 e. The van der Waals surface area contributed by atoms with Crippen molar-refractivity contribution in [1.82, 2.24) is 16.0 Å². The number of methoxy groups -OCH3 is 1. The van der Waals surface area contributed by atoms with Gasteiger partial charge in [0.05, 0.1) is 25.7 Å². The molecule has 0 saturated carbocycles. The van der Waals surface area contributed by atoms with Crippen molar-refractivity contribution in [3.05, 3.63) is 35.9 Å². The molecule has 1 aromatic carbocycles. The molecule has 188 valence electrons. The van der Waals surface area contributed by atoms with Crippen LogP contribution in [0, 0.1) is 0 Å². The Balaban J connectivity index is 2.87. The normalized spacial score (nSPS) is 15.0. The van der Waals surface area contributed by atoms with E-state index >= 15 is 0 Å². The molecule has 0 aliphatic rings. The monoisotopic (exact) mass is 482 g/mol. The van der Waals surface area contributed by atoms with E-state index in [4.69, 9.17) is 10.5 Å². The van der Waals surface area contributed by atoms with E-state index in [2.05, 4.69) is 20.7 Å². The molecule has 4 amide bonds. The van der Waals surface area contributed by atoms with Gasteiger partial charge in [0.25, 0.3) is 0 Å². The fraction of sp³-hybridized carbons (Fsp3) is 0.476. The SMILES string of the molecule is COC(=O)[C@H](NC(=O)[C@H](CC(N)=O)NC(=O)[C@H](NC(=O)OCc1ccccc1)[C@@H](C)O)[C@@H](C)O. The first kappa shape index (κ1) is 28.3. The van der Waals surface area contributed by atoms with Crippen LogP contribution in [0.5, 0.6) is 0 Å². The summed E-state index contributed by atoms with van der Waals surface area (Å²) >= 11 is 0. The number of hydrogen-bond donors (Lipinski definition) is 6. The van der Waals surface area contributed by atoms with Crippen LogP contribution in [-0.4, -0.2) is 77.4 Å². The molecular weight excluding hydrogens is 452 g/mol. The fourth-order valence-corrected chi connectivity index (χ4v) is 2.73. The van der Waals surface area contributed by atoms with Gasteiger partial charge in [-0.05, 0) is 19.4 Å². The van der Waals surface area contributed by atoms with Crippen LogP contribution < -0.4 is 21.7 Å². The molecule has 0 radical (unpaired) electrons. The zero-order valence-corrected chi connectivity index (χ0v) is 19.0. The van der Waals surface area contributed by atoms with Crippen molar-refractivity contribution in [2.75, 3.05) is 7.11 Å². The number of amides is 4. The minimum atomic E-state index is -1.58. The van der Waals surface area contributed by atoms with Gasteiger partial charge in [0.15, 0.2) is 6.04 Å². The number of ether oxygens (including phenoxy) is 2.